The zero-order chi connectivity index (χ0) is 17.5. The van der Waals surface area contributed by atoms with Gasteiger partial charge in [-0.2, -0.15) is 0 Å². The monoisotopic (exact) mass is 369 g/mol. The van der Waals surface area contributed by atoms with Gasteiger partial charge in [0.25, 0.3) is 5.91 Å². The number of ether oxygens (including phenoxy) is 2. The molecule has 4 aliphatic rings. The molecule has 3 heterocycles. The molecule has 1 aliphatic carbocycles. The third kappa shape index (κ3) is 2.00. The van der Waals surface area contributed by atoms with Gasteiger partial charge in [0.05, 0.1) is 11.6 Å². The highest BCUT2D eigenvalue weighted by molar-refractivity contribution is 7.47. The van der Waals surface area contributed by atoms with E-state index in [4.69, 9.17) is 18.5 Å². The average molecular weight is 369 g/mol. The normalized spacial score (nSPS) is 37.7. The molecule has 2 unspecified atom stereocenters. The van der Waals surface area contributed by atoms with Crippen LogP contribution in [0, 0.1) is 0 Å². The first kappa shape index (κ1) is 15.2. The van der Waals surface area contributed by atoms with Crippen LogP contribution in [0.2, 0.25) is 0 Å². The number of hydrogen-bond acceptors (Lipinski definition) is 8. The fourth-order valence-corrected chi connectivity index (χ4v) is 4.78. The van der Waals surface area contributed by atoms with Gasteiger partial charge >= 0.3 is 7.82 Å². The van der Waals surface area contributed by atoms with Crippen LogP contribution in [-0.4, -0.2) is 52.2 Å². The summed E-state index contributed by atoms with van der Waals surface area (Å²) in [7, 11) is -4.31. The number of amides is 1. The molecular weight excluding hydrogens is 357 g/mol. The zero-order valence-electron chi connectivity index (χ0n) is 12.4. The summed E-state index contributed by atoms with van der Waals surface area (Å²) < 4.78 is 32.1. The topological polar surface area (TPSA) is 144 Å². The van der Waals surface area contributed by atoms with Crippen molar-refractivity contribution < 1.29 is 43.0 Å². The molecule has 11 heteroatoms. The number of phenolic OH excluding ortho intramolecular Hbond substituents is 1. The summed E-state index contributed by atoms with van der Waals surface area (Å²) in [5.74, 6) is -0.637. The molecule has 1 amide bonds. The van der Waals surface area contributed by atoms with E-state index in [1.165, 1.54) is 12.1 Å². The SMILES string of the molecule is O=C1NC2C(=C[C@H](O)[C@H]3OP(=O)(O)O[C@@H]23)c2cc3c(c(O)c21)OCO3. The highest BCUT2D eigenvalue weighted by atomic mass is 31.2. The lowest BCUT2D eigenvalue weighted by Gasteiger charge is -2.38. The van der Waals surface area contributed by atoms with E-state index in [0.29, 0.717) is 11.1 Å². The van der Waals surface area contributed by atoms with Gasteiger partial charge < -0.3 is 29.9 Å². The van der Waals surface area contributed by atoms with Crippen LogP contribution in [0.5, 0.6) is 17.2 Å². The van der Waals surface area contributed by atoms with Crippen molar-refractivity contribution in [2.75, 3.05) is 6.79 Å². The Labute approximate surface area is 140 Å². The molecule has 0 aromatic heterocycles. The Kier molecular flexibility index (Phi) is 2.88. The summed E-state index contributed by atoms with van der Waals surface area (Å²) in [5.41, 5.74) is 0.738. The Balaban J connectivity index is 1.69. The number of aliphatic hydroxyl groups is 1. The molecule has 10 nitrogen and oxygen atoms in total. The zero-order valence-corrected chi connectivity index (χ0v) is 13.3. The van der Waals surface area contributed by atoms with Crippen LogP contribution in [-0.2, 0) is 13.6 Å². The second-order valence-electron chi connectivity index (χ2n) is 6.05. The van der Waals surface area contributed by atoms with Crippen LogP contribution in [0.3, 0.4) is 0 Å². The summed E-state index contributed by atoms with van der Waals surface area (Å²) in [6.45, 7) is -0.0894. The summed E-state index contributed by atoms with van der Waals surface area (Å²) in [6.07, 6.45) is -1.96. The highest BCUT2D eigenvalue weighted by Gasteiger charge is 2.55. The first-order chi connectivity index (χ1) is 11.9. The van der Waals surface area contributed by atoms with Gasteiger partial charge in [-0.15, -0.1) is 0 Å². The molecule has 1 saturated heterocycles. The van der Waals surface area contributed by atoms with E-state index in [1.807, 2.05) is 0 Å². The van der Waals surface area contributed by atoms with Crippen molar-refractivity contribution in [3.8, 4) is 17.2 Å². The molecule has 1 fully saturated rings. The molecule has 25 heavy (non-hydrogen) atoms. The Morgan fingerprint density at radius 1 is 1.24 bits per heavy atom. The standard InChI is InChI=1S/C14H12NO9P/c16-6-1-5-4-2-7-12(22-3-21-7)10(17)8(4)14(18)15-9(5)13-11(6)23-25(19,20)24-13/h1-2,6,9,11,13,16-17H,3H2,(H,15,18)(H,19,20)/t6-,9?,11+,13-/m0/s1. The number of phosphoric ester groups is 1. The fraction of sp³-hybridized carbons (Fsp3) is 0.357. The van der Waals surface area contributed by atoms with Gasteiger partial charge in [0.1, 0.15) is 18.3 Å². The largest absolute Gasteiger partial charge is 0.504 e. The smallest absolute Gasteiger partial charge is 0.473 e. The number of carbonyl (C=O) groups excluding carboxylic acids is 1. The summed E-state index contributed by atoms with van der Waals surface area (Å²) >= 11 is 0. The van der Waals surface area contributed by atoms with Crippen LogP contribution >= 0.6 is 7.82 Å². The van der Waals surface area contributed by atoms with Gasteiger partial charge in [-0.1, -0.05) is 0 Å². The van der Waals surface area contributed by atoms with E-state index in [0.717, 1.165) is 0 Å². The number of benzene rings is 1. The van der Waals surface area contributed by atoms with E-state index in [9.17, 15) is 24.5 Å². The number of aliphatic hydroxyl groups excluding tert-OH is 1. The van der Waals surface area contributed by atoms with Crippen LogP contribution in [0.25, 0.3) is 5.57 Å². The maximum atomic E-state index is 12.5. The van der Waals surface area contributed by atoms with E-state index < -0.39 is 38.1 Å². The lowest BCUT2D eigenvalue weighted by molar-refractivity contribution is 0.0295. The number of hydrogen-bond donors (Lipinski definition) is 4. The van der Waals surface area contributed by atoms with Crippen molar-refractivity contribution in [1.29, 1.82) is 0 Å². The predicted molar refractivity (Wildman–Crippen MR) is 79.0 cm³/mol. The van der Waals surface area contributed by atoms with Gasteiger partial charge in [-0.3, -0.25) is 13.8 Å². The predicted octanol–water partition coefficient (Wildman–Crippen LogP) is -0.125. The number of nitrogens with one attached hydrogen (secondary N) is 1. The molecule has 0 radical (unpaired) electrons. The Bertz CT molecular complexity index is 897. The molecule has 1 aromatic rings. The minimum atomic E-state index is -4.31. The number of carbonyl (C=O) groups is 1. The van der Waals surface area contributed by atoms with Crippen LogP contribution < -0.4 is 14.8 Å². The number of rotatable bonds is 0. The number of phosphoric acid groups is 1. The van der Waals surface area contributed by atoms with E-state index in [-0.39, 0.29) is 29.6 Å². The van der Waals surface area contributed by atoms with Crippen LogP contribution in [0.1, 0.15) is 15.9 Å². The first-order valence-corrected chi connectivity index (χ1v) is 8.91. The van der Waals surface area contributed by atoms with Crippen molar-refractivity contribution in [1.82, 2.24) is 5.32 Å². The molecule has 0 bridgehead atoms. The third-order valence-electron chi connectivity index (χ3n) is 4.65. The Morgan fingerprint density at radius 2 is 2.00 bits per heavy atom. The second kappa shape index (κ2) is 4.75. The van der Waals surface area contributed by atoms with Crippen LogP contribution in [0.4, 0.5) is 0 Å². The van der Waals surface area contributed by atoms with E-state index in [2.05, 4.69) is 5.32 Å². The van der Waals surface area contributed by atoms with Crippen molar-refractivity contribution in [2.24, 2.45) is 0 Å². The molecule has 0 spiro atoms. The Hall–Kier alpha value is -2.10. The van der Waals surface area contributed by atoms with Gasteiger partial charge in [-0.05, 0) is 17.7 Å². The van der Waals surface area contributed by atoms with Crippen molar-refractivity contribution in [3.05, 3.63) is 23.3 Å². The van der Waals surface area contributed by atoms with E-state index in [1.54, 1.807) is 0 Å². The molecule has 3 aliphatic heterocycles. The van der Waals surface area contributed by atoms with E-state index >= 15 is 0 Å². The van der Waals surface area contributed by atoms with Crippen molar-refractivity contribution >= 4 is 19.3 Å². The number of fused-ring (bicyclic) bond motifs is 6. The maximum Gasteiger partial charge on any atom is 0.473 e. The lowest BCUT2D eigenvalue weighted by atomic mass is 9.79. The highest BCUT2D eigenvalue weighted by Crippen LogP contribution is 2.57. The van der Waals surface area contributed by atoms with Crippen molar-refractivity contribution in [3.63, 3.8) is 0 Å². The minimum Gasteiger partial charge on any atom is -0.504 e. The molecule has 1 aromatic carbocycles. The van der Waals surface area contributed by atoms with Crippen LogP contribution in [0.15, 0.2) is 12.1 Å². The summed E-state index contributed by atoms with van der Waals surface area (Å²) in [6, 6.07) is 0.701. The van der Waals surface area contributed by atoms with Gasteiger partial charge in [0, 0.05) is 5.56 Å². The minimum absolute atomic E-state index is 0.0245. The molecular formula is C14H12NO9P. The van der Waals surface area contributed by atoms with Gasteiger partial charge in [-0.25, -0.2) is 4.57 Å². The first-order valence-electron chi connectivity index (χ1n) is 7.42. The fourth-order valence-electron chi connectivity index (χ4n) is 3.63. The average Bonchev–Trinajstić information content (AvgIpc) is 3.12. The molecule has 5 rings (SSSR count). The number of phenols is 1. The van der Waals surface area contributed by atoms with Gasteiger partial charge in [0.15, 0.2) is 11.5 Å². The van der Waals surface area contributed by atoms with Gasteiger partial charge in [0.2, 0.25) is 12.5 Å². The number of aromatic hydroxyl groups is 1. The lowest BCUT2D eigenvalue weighted by Crippen LogP contribution is -2.55. The molecule has 0 saturated carbocycles. The summed E-state index contributed by atoms with van der Waals surface area (Å²) in [4.78, 5) is 22.1. The third-order valence-corrected chi connectivity index (χ3v) is 5.67. The second-order valence-corrected chi connectivity index (χ2v) is 7.41. The quantitative estimate of drug-likeness (QED) is 0.460. The molecule has 5 atom stereocenters. The summed E-state index contributed by atoms with van der Waals surface area (Å²) in [5, 5.41) is 23.2. The maximum absolute atomic E-state index is 12.5. The molecule has 132 valence electrons. The van der Waals surface area contributed by atoms with Crippen molar-refractivity contribution in [2.45, 2.75) is 24.4 Å². The molecule has 4 N–H and O–H groups in total. The Morgan fingerprint density at radius 3 is 2.80 bits per heavy atom.